The van der Waals surface area contributed by atoms with E-state index in [2.05, 4.69) is 20.2 Å². The van der Waals surface area contributed by atoms with Crippen molar-refractivity contribution in [3.05, 3.63) is 17.5 Å². The van der Waals surface area contributed by atoms with Gasteiger partial charge in [-0.25, -0.2) is 13.1 Å². The summed E-state index contributed by atoms with van der Waals surface area (Å²) in [5.41, 5.74) is 2.20. The van der Waals surface area contributed by atoms with Gasteiger partial charge < -0.3 is 5.32 Å². The predicted octanol–water partition coefficient (Wildman–Crippen LogP) is 0.570. The van der Waals surface area contributed by atoms with Crippen LogP contribution >= 0.6 is 0 Å². The van der Waals surface area contributed by atoms with Gasteiger partial charge in [0.1, 0.15) is 0 Å². The van der Waals surface area contributed by atoms with E-state index in [1.54, 1.807) is 6.20 Å². The first kappa shape index (κ1) is 16.1. The minimum atomic E-state index is -3.11. The van der Waals surface area contributed by atoms with Gasteiger partial charge in [-0.15, -0.1) is 0 Å². The first-order chi connectivity index (χ1) is 9.05. The molecule has 0 radical (unpaired) electrons. The van der Waals surface area contributed by atoms with E-state index in [1.165, 1.54) is 0 Å². The highest BCUT2D eigenvalue weighted by Crippen LogP contribution is 2.05. The van der Waals surface area contributed by atoms with Crippen LogP contribution in [0.2, 0.25) is 0 Å². The summed E-state index contributed by atoms with van der Waals surface area (Å²) in [6.45, 7) is 3.31. The summed E-state index contributed by atoms with van der Waals surface area (Å²) in [4.78, 5) is 0. The minimum absolute atomic E-state index is 0.208. The van der Waals surface area contributed by atoms with Crippen LogP contribution in [0.4, 0.5) is 0 Å². The van der Waals surface area contributed by atoms with Crippen molar-refractivity contribution < 1.29 is 8.42 Å². The molecule has 0 aromatic carbocycles. The molecule has 3 N–H and O–H groups in total. The lowest BCUT2D eigenvalue weighted by Crippen LogP contribution is -2.28. The molecule has 0 bridgehead atoms. The van der Waals surface area contributed by atoms with E-state index in [1.807, 2.05) is 14.0 Å². The Morgan fingerprint density at radius 2 is 2.05 bits per heavy atom. The zero-order valence-corrected chi connectivity index (χ0v) is 12.5. The standard InChI is InChI=1S/C12H24N4O2S/c1-11-12(10-14-16-11)6-5-8-15-19(17,18)9-4-3-7-13-2/h10,13,15H,3-9H2,1-2H3,(H,14,16). The molecule has 0 amide bonds. The van der Waals surface area contributed by atoms with E-state index in [0.29, 0.717) is 13.0 Å². The quantitative estimate of drug-likeness (QED) is 0.549. The second-order valence-electron chi connectivity index (χ2n) is 4.65. The van der Waals surface area contributed by atoms with Crippen molar-refractivity contribution in [1.82, 2.24) is 20.2 Å². The number of nitrogens with zero attached hydrogens (tertiary/aromatic N) is 1. The van der Waals surface area contributed by atoms with Crippen molar-refractivity contribution in [1.29, 1.82) is 0 Å². The SMILES string of the molecule is CNCCCCS(=O)(=O)NCCCc1cn[nH]c1C. The van der Waals surface area contributed by atoms with Gasteiger partial charge in [0.05, 0.1) is 11.9 Å². The number of aromatic nitrogens is 2. The van der Waals surface area contributed by atoms with Crippen LogP contribution in [0.25, 0.3) is 0 Å². The van der Waals surface area contributed by atoms with E-state index in [-0.39, 0.29) is 5.75 Å². The largest absolute Gasteiger partial charge is 0.320 e. The maximum absolute atomic E-state index is 11.7. The van der Waals surface area contributed by atoms with Crippen LogP contribution < -0.4 is 10.0 Å². The number of sulfonamides is 1. The molecule has 0 aliphatic heterocycles. The highest BCUT2D eigenvalue weighted by molar-refractivity contribution is 7.89. The molecule has 0 atom stereocenters. The number of nitrogens with one attached hydrogen (secondary N) is 3. The van der Waals surface area contributed by atoms with Crippen molar-refractivity contribution >= 4 is 10.0 Å². The van der Waals surface area contributed by atoms with Gasteiger partial charge in [-0.05, 0) is 51.8 Å². The first-order valence-corrected chi connectivity index (χ1v) is 8.31. The minimum Gasteiger partial charge on any atom is -0.320 e. The van der Waals surface area contributed by atoms with Crippen molar-refractivity contribution in [2.45, 2.75) is 32.6 Å². The van der Waals surface area contributed by atoms with Crippen molar-refractivity contribution in [2.75, 3.05) is 25.9 Å². The molecule has 0 fully saturated rings. The fourth-order valence-corrected chi connectivity index (χ4v) is 2.98. The van der Waals surface area contributed by atoms with Gasteiger partial charge in [0.2, 0.25) is 10.0 Å². The third-order valence-electron chi connectivity index (χ3n) is 2.97. The second-order valence-corrected chi connectivity index (χ2v) is 6.57. The molecule has 6 nitrogen and oxygen atoms in total. The van der Waals surface area contributed by atoms with Gasteiger partial charge in [0.15, 0.2) is 0 Å². The normalized spacial score (nSPS) is 11.9. The second kappa shape index (κ2) is 8.29. The topological polar surface area (TPSA) is 86.9 Å². The predicted molar refractivity (Wildman–Crippen MR) is 76.6 cm³/mol. The summed E-state index contributed by atoms with van der Waals surface area (Å²) in [6.07, 6.45) is 4.99. The average Bonchev–Trinajstić information content (AvgIpc) is 2.76. The fourth-order valence-electron chi connectivity index (χ4n) is 1.80. The monoisotopic (exact) mass is 288 g/mol. The van der Waals surface area contributed by atoms with E-state index in [9.17, 15) is 8.42 Å². The third kappa shape index (κ3) is 6.70. The summed E-state index contributed by atoms with van der Waals surface area (Å²) in [5, 5.41) is 9.81. The Balaban J connectivity index is 2.15. The van der Waals surface area contributed by atoms with Crippen molar-refractivity contribution in [2.24, 2.45) is 0 Å². The molecule has 0 aliphatic rings. The van der Waals surface area contributed by atoms with Crippen LogP contribution in [0.5, 0.6) is 0 Å². The van der Waals surface area contributed by atoms with Gasteiger partial charge in [0.25, 0.3) is 0 Å². The van der Waals surface area contributed by atoms with Crippen molar-refractivity contribution in [3.63, 3.8) is 0 Å². The van der Waals surface area contributed by atoms with Gasteiger partial charge in [0, 0.05) is 12.2 Å². The Hall–Kier alpha value is -0.920. The maximum Gasteiger partial charge on any atom is 0.211 e. The van der Waals surface area contributed by atoms with Gasteiger partial charge in [-0.1, -0.05) is 0 Å². The molecule has 1 rings (SSSR count). The van der Waals surface area contributed by atoms with E-state index in [4.69, 9.17) is 0 Å². The lowest BCUT2D eigenvalue weighted by molar-refractivity contribution is 0.573. The molecule has 1 aromatic rings. The van der Waals surface area contributed by atoms with Gasteiger partial charge in [-0.2, -0.15) is 5.10 Å². The lowest BCUT2D eigenvalue weighted by atomic mass is 10.1. The van der Waals surface area contributed by atoms with Gasteiger partial charge in [-0.3, -0.25) is 5.10 Å². The van der Waals surface area contributed by atoms with Crippen LogP contribution in [0.3, 0.4) is 0 Å². The Morgan fingerprint density at radius 1 is 1.26 bits per heavy atom. The molecule has 19 heavy (non-hydrogen) atoms. The zero-order chi connectivity index (χ0) is 14.1. The molecule has 0 saturated heterocycles. The smallest absolute Gasteiger partial charge is 0.211 e. The molecule has 110 valence electrons. The highest BCUT2D eigenvalue weighted by Gasteiger charge is 2.09. The van der Waals surface area contributed by atoms with Crippen LogP contribution in [0.15, 0.2) is 6.20 Å². The van der Waals surface area contributed by atoms with Crippen LogP contribution in [0.1, 0.15) is 30.5 Å². The molecule has 7 heteroatoms. The molecule has 1 heterocycles. The lowest BCUT2D eigenvalue weighted by Gasteiger charge is -2.06. The molecular weight excluding hydrogens is 264 g/mol. The summed E-state index contributed by atoms with van der Waals surface area (Å²) >= 11 is 0. The summed E-state index contributed by atoms with van der Waals surface area (Å²) in [6, 6.07) is 0. The summed E-state index contributed by atoms with van der Waals surface area (Å²) in [7, 11) is -1.25. The summed E-state index contributed by atoms with van der Waals surface area (Å²) < 4.78 is 26.0. The molecule has 0 spiro atoms. The maximum atomic E-state index is 11.7. The van der Waals surface area contributed by atoms with Crippen LogP contribution in [-0.4, -0.2) is 44.5 Å². The van der Waals surface area contributed by atoms with E-state index in [0.717, 1.165) is 37.1 Å². The number of rotatable bonds is 10. The van der Waals surface area contributed by atoms with E-state index >= 15 is 0 Å². The number of aromatic amines is 1. The number of H-pyrrole nitrogens is 1. The molecule has 0 aliphatic carbocycles. The Morgan fingerprint density at radius 3 is 2.68 bits per heavy atom. The zero-order valence-electron chi connectivity index (χ0n) is 11.7. The van der Waals surface area contributed by atoms with E-state index < -0.39 is 10.0 Å². The first-order valence-electron chi connectivity index (χ1n) is 6.66. The van der Waals surface area contributed by atoms with Crippen LogP contribution in [-0.2, 0) is 16.4 Å². The Labute approximate surface area is 115 Å². The summed E-state index contributed by atoms with van der Waals surface area (Å²) in [5.74, 6) is 0.208. The highest BCUT2D eigenvalue weighted by atomic mass is 32.2. The number of aryl methyl sites for hydroxylation is 2. The molecular formula is C12H24N4O2S. The molecule has 0 unspecified atom stereocenters. The molecule has 0 saturated carbocycles. The number of hydrogen-bond acceptors (Lipinski definition) is 4. The number of unbranched alkanes of at least 4 members (excludes halogenated alkanes) is 1. The Bertz CT molecular complexity index is 456. The van der Waals surface area contributed by atoms with Gasteiger partial charge >= 0.3 is 0 Å². The fraction of sp³-hybridized carbons (Fsp3) is 0.750. The third-order valence-corrected chi connectivity index (χ3v) is 4.44. The Kier molecular flexibility index (Phi) is 7.04. The molecule has 1 aromatic heterocycles. The average molecular weight is 288 g/mol. The van der Waals surface area contributed by atoms with Crippen molar-refractivity contribution in [3.8, 4) is 0 Å². The van der Waals surface area contributed by atoms with Crippen LogP contribution in [0, 0.1) is 6.92 Å². The number of hydrogen-bond donors (Lipinski definition) is 3.